The van der Waals surface area contributed by atoms with Crippen LogP contribution in [0.5, 0.6) is 11.5 Å². The summed E-state index contributed by atoms with van der Waals surface area (Å²) in [4.78, 5) is 11.3. The monoisotopic (exact) mass is 250 g/mol. The predicted molar refractivity (Wildman–Crippen MR) is 69.8 cm³/mol. The van der Waals surface area contributed by atoms with Gasteiger partial charge in [0.15, 0.2) is 0 Å². The third kappa shape index (κ3) is 4.49. The molecule has 4 heteroatoms. The molecule has 0 heterocycles. The van der Waals surface area contributed by atoms with E-state index >= 15 is 0 Å². The fourth-order valence-electron chi connectivity index (χ4n) is 1.34. The lowest BCUT2D eigenvalue weighted by Gasteiger charge is -2.05. The van der Waals surface area contributed by atoms with Gasteiger partial charge in [-0.05, 0) is 30.2 Å². The zero-order valence-corrected chi connectivity index (χ0v) is 10.9. The number of benzene rings is 1. The normalized spacial score (nSPS) is 10.4. The highest BCUT2D eigenvalue weighted by Gasteiger charge is 2.00. The summed E-state index contributed by atoms with van der Waals surface area (Å²) in [6.45, 7) is 2.38. The summed E-state index contributed by atoms with van der Waals surface area (Å²) in [5.74, 6) is 1.01. The van der Waals surface area contributed by atoms with Gasteiger partial charge in [-0.25, -0.2) is 4.79 Å². The molecule has 0 N–H and O–H groups in total. The second kappa shape index (κ2) is 7.37. The van der Waals surface area contributed by atoms with Crippen LogP contribution in [0, 0.1) is 0 Å². The van der Waals surface area contributed by atoms with Crippen molar-refractivity contribution in [3.8, 4) is 11.5 Å². The SMILES string of the molecule is CCCOC(=O)/C=C/c1cc(OC)cc(OC)c1. The van der Waals surface area contributed by atoms with E-state index in [0.717, 1.165) is 12.0 Å². The van der Waals surface area contributed by atoms with Crippen molar-refractivity contribution in [2.45, 2.75) is 13.3 Å². The highest BCUT2D eigenvalue weighted by Crippen LogP contribution is 2.23. The molecule has 1 rings (SSSR count). The summed E-state index contributed by atoms with van der Waals surface area (Å²) in [5.41, 5.74) is 0.819. The third-order valence-electron chi connectivity index (χ3n) is 2.23. The molecule has 0 amide bonds. The van der Waals surface area contributed by atoms with Crippen molar-refractivity contribution in [2.75, 3.05) is 20.8 Å². The molecule has 1 aromatic rings. The van der Waals surface area contributed by atoms with Gasteiger partial charge in [0.2, 0.25) is 0 Å². The van der Waals surface area contributed by atoms with Gasteiger partial charge in [0, 0.05) is 12.1 Å². The average Bonchev–Trinajstić information content (AvgIpc) is 2.42. The molecule has 0 fully saturated rings. The minimum Gasteiger partial charge on any atom is -0.497 e. The maximum Gasteiger partial charge on any atom is 0.330 e. The molecule has 0 spiro atoms. The van der Waals surface area contributed by atoms with Crippen molar-refractivity contribution in [3.63, 3.8) is 0 Å². The summed E-state index contributed by atoms with van der Waals surface area (Å²) in [6.07, 6.45) is 3.87. The molecule has 0 radical (unpaired) electrons. The Hall–Kier alpha value is -1.97. The molecule has 4 nitrogen and oxygen atoms in total. The lowest BCUT2D eigenvalue weighted by atomic mass is 10.2. The Morgan fingerprint density at radius 1 is 1.17 bits per heavy atom. The lowest BCUT2D eigenvalue weighted by molar-refractivity contribution is -0.137. The number of methoxy groups -OCH3 is 2. The van der Waals surface area contributed by atoms with E-state index in [1.165, 1.54) is 6.08 Å². The first kappa shape index (κ1) is 14.1. The molecular weight excluding hydrogens is 232 g/mol. The van der Waals surface area contributed by atoms with Crippen LogP contribution in [0.25, 0.3) is 6.08 Å². The Labute approximate surface area is 107 Å². The van der Waals surface area contributed by atoms with Gasteiger partial charge in [0.05, 0.1) is 20.8 Å². The largest absolute Gasteiger partial charge is 0.497 e. The lowest BCUT2D eigenvalue weighted by Crippen LogP contribution is -2.00. The Balaban J connectivity index is 2.76. The zero-order chi connectivity index (χ0) is 13.4. The molecule has 0 bridgehead atoms. The summed E-state index contributed by atoms with van der Waals surface area (Å²) in [6, 6.07) is 5.39. The van der Waals surface area contributed by atoms with Crippen molar-refractivity contribution in [1.29, 1.82) is 0 Å². The molecule has 0 unspecified atom stereocenters. The first-order chi connectivity index (χ1) is 8.69. The molecule has 0 aliphatic rings. The topological polar surface area (TPSA) is 44.8 Å². The standard InChI is InChI=1S/C14H18O4/c1-4-7-18-14(15)6-5-11-8-12(16-2)10-13(9-11)17-3/h5-6,8-10H,4,7H2,1-3H3/b6-5+. The Morgan fingerprint density at radius 2 is 1.78 bits per heavy atom. The van der Waals surface area contributed by atoms with Crippen LogP contribution in [0.2, 0.25) is 0 Å². The Kier molecular flexibility index (Phi) is 5.77. The smallest absolute Gasteiger partial charge is 0.330 e. The molecular formula is C14H18O4. The first-order valence-corrected chi connectivity index (χ1v) is 5.77. The van der Waals surface area contributed by atoms with Gasteiger partial charge >= 0.3 is 5.97 Å². The number of carbonyl (C=O) groups is 1. The third-order valence-corrected chi connectivity index (χ3v) is 2.23. The highest BCUT2D eigenvalue weighted by atomic mass is 16.5. The van der Waals surface area contributed by atoms with Gasteiger partial charge in [-0.15, -0.1) is 0 Å². The highest BCUT2D eigenvalue weighted by molar-refractivity contribution is 5.87. The number of ether oxygens (including phenoxy) is 3. The van der Waals surface area contributed by atoms with E-state index < -0.39 is 0 Å². The zero-order valence-electron chi connectivity index (χ0n) is 10.9. The van der Waals surface area contributed by atoms with Gasteiger partial charge < -0.3 is 14.2 Å². The van der Waals surface area contributed by atoms with Crippen LogP contribution in [-0.2, 0) is 9.53 Å². The Bertz CT molecular complexity index is 402. The van der Waals surface area contributed by atoms with E-state index in [2.05, 4.69) is 0 Å². The Morgan fingerprint density at radius 3 is 2.28 bits per heavy atom. The fraction of sp³-hybridized carbons (Fsp3) is 0.357. The predicted octanol–water partition coefficient (Wildman–Crippen LogP) is 2.67. The summed E-state index contributed by atoms with van der Waals surface area (Å²) in [7, 11) is 3.16. The molecule has 18 heavy (non-hydrogen) atoms. The fourth-order valence-corrected chi connectivity index (χ4v) is 1.34. The van der Waals surface area contributed by atoms with Gasteiger partial charge in [0.1, 0.15) is 11.5 Å². The second-order valence-corrected chi connectivity index (χ2v) is 3.65. The van der Waals surface area contributed by atoms with Crippen molar-refractivity contribution < 1.29 is 19.0 Å². The quantitative estimate of drug-likeness (QED) is 0.575. The van der Waals surface area contributed by atoms with Crippen LogP contribution in [0.3, 0.4) is 0 Å². The van der Waals surface area contributed by atoms with Crippen LogP contribution in [0.15, 0.2) is 24.3 Å². The van der Waals surface area contributed by atoms with E-state index in [1.54, 1.807) is 26.4 Å². The van der Waals surface area contributed by atoms with E-state index in [-0.39, 0.29) is 5.97 Å². The van der Waals surface area contributed by atoms with E-state index in [9.17, 15) is 4.79 Å². The van der Waals surface area contributed by atoms with Crippen molar-refractivity contribution in [1.82, 2.24) is 0 Å². The van der Waals surface area contributed by atoms with E-state index in [0.29, 0.717) is 18.1 Å². The van der Waals surface area contributed by atoms with Crippen molar-refractivity contribution >= 4 is 12.0 Å². The van der Waals surface area contributed by atoms with Crippen LogP contribution in [0.4, 0.5) is 0 Å². The maximum atomic E-state index is 11.3. The number of hydrogen-bond donors (Lipinski definition) is 0. The number of esters is 1. The second-order valence-electron chi connectivity index (χ2n) is 3.65. The molecule has 0 aromatic heterocycles. The summed E-state index contributed by atoms with van der Waals surface area (Å²) >= 11 is 0. The molecule has 98 valence electrons. The van der Waals surface area contributed by atoms with Crippen molar-refractivity contribution in [3.05, 3.63) is 29.8 Å². The molecule has 0 atom stereocenters. The first-order valence-electron chi connectivity index (χ1n) is 5.77. The van der Waals surface area contributed by atoms with Crippen LogP contribution < -0.4 is 9.47 Å². The molecule has 0 aliphatic heterocycles. The molecule has 1 aromatic carbocycles. The van der Waals surface area contributed by atoms with Crippen molar-refractivity contribution in [2.24, 2.45) is 0 Å². The summed E-state index contributed by atoms with van der Waals surface area (Å²) in [5, 5.41) is 0. The molecule has 0 saturated heterocycles. The minimum absolute atomic E-state index is 0.348. The number of carbonyl (C=O) groups excluding carboxylic acids is 1. The maximum absolute atomic E-state index is 11.3. The number of hydrogen-bond acceptors (Lipinski definition) is 4. The van der Waals surface area contributed by atoms with Crippen LogP contribution in [0.1, 0.15) is 18.9 Å². The average molecular weight is 250 g/mol. The van der Waals surface area contributed by atoms with Gasteiger partial charge in [-0.1, -0.05) is 6.92 Å². The minimum atomic E-state index is -0.348. The van der Waals surface area contributed by atoms with Crippen LogP contribution in [-0.4, -0.2) is 26.8 Å². The number of rotatable bonds is 6. The molecule has 0 aliphatic carbocycles. The van der Waals surface area contributed by atoms with Gasteiger partial charge in [0.25, 0.3) is 0 Å². The summed E-state index contributed by atoms with van der Waals surface area (Å²) < 4.78 is 15.2. The molecule has 0 saturated carbocycles. The van der Waals surface area contributed by atoms with Gasteiger partial charge in [-0.3, -0.25) is 0 Å². The van der Waals surface area contributed by atoms with Crippen LogP contribution >= 0.6 is 0 Å². The van der Waals surface area contributed by atoms with E-state index in [4.69, 9.17) is 14.2 Å². The van der Waals surface area contributed by atoms with Gasteiger partial charge in [-0.2, -0.15) is 0 Å². The van der Waals surface area contributed by atoms with E-state index in [1.807, 2.05) is 19.1 Å².